The van der Waals surface area contributed by atoms with Crippen LogP contribution in [-0.4, -0.2) is 32.1 Å². The van der Waals surface area contributed by atoms with Crippen molar-refractivity contribution in [3.63, 3.8) is 0 Å². The lowest BCUT2D eigenvalue weighted by Gasteiger charge is -2.27. The number of ether oxygens (including phenoxy) is 2. The normalized spacial score (nSPS) is 13.1. The van der Waals surface area contributed by atoms with Crippen molar-refractivity contribution in [3.05, 3.63) is 48.0 Å². The average Bonchev–Trinajstić information content (AvgIpc) is 2.59. The third kappa shape index (κ3) is 2.90. The SMILES string of the molecule is CCOc1ccccc1NC(=O)c1cccc2c1OCC(=O)N2C. The topological polar surface area (TPSA) is 67.9 Å². The van der Waals surface area contributed by atoms with Crippen LogP contribution in [0, 0.1) is 0 Å². The zero-order valence-electron chi connectivity index (χ0n) is 13.5. The number of hydrogen-bond acceptors (Lipinski definition) is 4. The van der Waals surface area contributed by atoms with E-state index in [1.54, 1.807) is 37.4 Å². The first-order valence-corrected chi connectivity index (χ1v) is 7.67. The second-order valence-electron chi connectivity index (χ2n) is 5.28. The summed E-state index contributed by atoms with van der Waals surface area (Å²) in [5.74, 6) is 0.542. The van der Waals surface area contributed by atoms with Crippen LogP contribution in [0.25, 0.3) is 0 Å². The Morgan fingerprint density at radius 2 is 2.04 bits per heavy atom. The fourth-order valence-electron chi connectivity index (χ4n) is 2.53. The fraction of sp³-hybridized carbons (Fsp3) is 0.222. The molecule has 3 rings (SSSR count). The number of nitrogens with zero attached hydrogens (tertiary/aromatic N) is 1. The van der Waals surface area contributed by atoms with Gasteiger partial charge in [0.05, 0.1) is 23.5 Å². The Morgan fingerprint density at radius 3 is 2.83 bits per heavy atom. The molecule has 0 fully saturated rings. The maximum Gasteiger partial charge on any atom is 0.264 e. The average molecular weight is 326 g/mol. The zero-order valence-corrected chi connectivity index (χ0v) is 13.5. The monoisotopic (exact) mass is 326 g/mol. The maximum absolute atomic E-state index is 12.7. The number of carbonyl (C=O) groups excluding carboxylic acids is 2. The molecular formula is C18H18N2O4. The summed E-state index contributed by atoms with van der Waals surface area (Å²) in [6.07, 6.45) is 0. The standard InChI is InChI=1S/C18H18N2O4/c1-3-23-15-10-5-4-8-13(15)19-18(22)12-7-6-9-14-17(12)24-11-16(21)20(14)2/h4-10H,3,11H2,1-2H3,(H,19,22). The molecule has 1 N–H and O–H groups in total. The highest BCUT2D eigenvalue weighted by molar-refractivity contribution is 6.09. The smallest absolute Gasteiger partial charge is 0.264 e. The van der Waals surface area contributed by atoms with Gasteiger partial charge in [-0.3, -0.25) is 9.59 Å². The lowest BCUT2D eigenvalue weighted by molar-refractivity contribution is -0.121. The highest BCUT2D eigenvalue weighted by Gasteiger charge is 2.26. The molecule has 0 aromatic heterocycles. The van der Waals surface area contributed by atoms with Crippen molar-refractivity contribution in [2.24, 2.45) is 0 Å². The van der Waals surface area contributed by atoms with E-state index < -0.39 is 0 Å². The minimum absolute atomic E-state index is 0.0800. The largest absolute Gasteiger partial charge is 0.492 e. The molecular weight excluding hydrogens is 308 g/mol. The van der Waals surface area contributed by atoms with Crippen molar-refractivity contribution in [2.75, 3.05) is 30.5 Å². The molecule has 1 aliphatic rings. The summed E-state index contributed by atoms with van der Waals surface area (Å²) >= 11 is 0. The van der Waals surface area contributed by atoms with E-state index in [4.69, 9.17) is 9.47 Å². The summed E-state index contributed by atoms with van der Waals surface area (Å²) in [4.78, 5) is 25.9. The third-order valence-electron chi connectivity index (χ3n) is 3.75. The molecule has 2 aromatic carbocycles. The molecule has 2 amide bonds. The number of para-hydroxylation sites is 3. The number of hydrogen-bond donors (Lipinski definition) is 1. The Labute approximate surface area is 140 Å². The quantitative estimate of drug-likeness (QED) is 0.938. The van der Waals surface area contributed by atoms with Gasteiger partial charge in [-0.05, 0) is 31.2 Å². The van der Waals surface area contributed by atoms with Gasteiger partial charge < -0.3 is 19.7 Å². The summed E-state index contributed by atoms with van der Waals surface area (Å²) in [7, 11) is 1.66. The van der Waals surface area contributed by atoms with Crippen molar-refractivity contribution in [1.82, 2.24) is 0 Å². The second-order valence-corrected chi connectivity index (χ2v) is 5.28. The van der Waals surface area contributed by atoms with Crippen LogP contribution in [0.5, 0.6) is 11.5 Å². The molecule has 24 heavy (non-hydrogen) atoms. The van der Waals surface area contributed by atoms with E-state index in [2.05, 4.69) is 5.32 Å². The predicted molar refractivity (Wildman–Crippen MR) is 90.9 cm³/mol. The molecule has 0 radical (unpaired) electrons. The number of fused-ring (bicyclic) bond motifs is 1. The Bertz CT molecular complexity index is 788. The van der Waals surface area contributed by atoms with Gasteiger partial charge in [0.15, 0.2) is 12.4 Å². The Balaban J connectivity index is 1.91. The van der Waals surface area contributed by atoms with Crippen LogP contribution in [0.15, 0.2) is 42.5 Å². The molecule has 0 bridgehead atoms. The number of benzene rings is 2. The second kappa shape index (κ2) is 6.62. The highest BCUT2D eigenvalue weighted by Crippen LogP contribution is 2.35. The van der Waals surface area contributed by atoms with Crippen molar-refractivity contribution in [3.8, 4) is 11.5 Å². The first-order chi connectivity index (χ1) is 11.6. The van der Waals surface area contributed by atoms with Crippen LogP contribution in [0.2, 0.25) is 0 Å². The van der Waals surface area contributed by atoms with Gasteiger partial charge in [-0.2, -0.15) is 0 Å². The van der Waals surface area contributed by atoms with E-state index in [0.717, 1.165) is 0 Å². The molecule has 0 spiro atoms. The summed E-state index contributed by atoms with van der Waals surface area (Å²) in [5, 5.41) is 2.84. The summed E-state index contributed by atoms with van der Waals surface area (Å²) < 4.78 is 11.0. The number of carbonyl (C=O) groups is 2. The van der Waals surface area contributed by atoms with Gasteiger partial charge in [0.2, 0.25) is 0 Å². The van der Waals surface area contributed by atoms with Crippen LogP contribution in [0.3, 0.4) is 0 Å². The molecule has 0 atom stereocenters. The van der Waals surface area contributed by atoms with Crippen LogP contribution in [-0.2, 0) is 4.79 Å². The van der Waals surface area contributed by atoms with Gasteiger partial charge in [0.25, 0.3) is 11.8 Å². The van der Waals surface area contributed by atoms with Crippen molar-refractivity contribution in [2.45, 2.75) is 6.92 Å². The van der Waals surface area contributed by atoms with Gasteiger partial charge in [-0.15, -0.1) is 0 Å². The minimum Gasteiger partial charge on any atom is -0.492 e. The van der Waals surface area contributed by atoms with E-state index in [1.807, 2.05) is 19.1 Å². The van der Waals surface area contributed by atoms with E-state index in [0.29, 0.717) is 35.0 Å². The van der Waals surface area contributed by atoms with E-state index in [-0.39, 0.29) is 18.4 Å². The maximum atomic E-state index is 12.7. The van der Waals surface area contributed by atoms with Crippen LogP contribution >= 0.6 is 0 Å². The summed E-state index contributed by atoms with van der Waals surface area (Å²) in [6, 6.07) is 12.4. The Hall–Kier alpha value is -3.02. The lowest BCUT2D eigenvalue weighted by Crippen LogP contribution is -2.36. The molecule has 0 saturated carbocycles. The molecule has 6 heteroatoms. The first-order valence-electron chi connectivity index (χ1n) is 7.67. The summed E-state index contributed by atoms with van der Waals surface area (Å²) in [6.45, 7) is 2.31. The lowest BCUT2D eigenvalue weighted by atomic mass is 10.1. The molecule has 124 valence electrons. The van der Waals surface area contributed by atoms with Crippen molar-refractivity contribution >= 4 is 23.2 Å². The van der Waals surface area contributed by atoms with Gasteiger partial charge in [-0.25, -0.2) is 0 Å². The number of nitrogens with one attached hydrogen (secondary N) is 1. The third-order valence-corrected chi connectivity index (χ3v) is 3.75. The van der Waals surface area contributed by atoms with Crippen molar-refractivity contribution in [1.29, 1.82) is 0 Å². The molecule has 6 nitrogen and oxygen atoms in total. The fourth-order valence-corrected chi connectivity index (χ4v) is 2.53. The molecule has 0 saturated heterocycles. The first kappa shape index (κ1) is 15.9. The van der Waals surface area contributed by atoms with Crippen molar-refractivity contribution < 1.29 is 19.1 Å². The number of anilines is 2. The van der Waals surface area contributed by atoms with Gasteiger partial charge in [0, 0.05) is 7.05 Å². The minimum atomic E-state index is -0.318. The van der Waals surface area contributed by atoms with E-state index in [1.165, 1.54) is 4.90 Å². The number of amides is 2. The molecule has 0 unspecified atom stereocenters. The number of likely N-dealkylation sites (N-methyl/N-ethyl adjacent to an activating group) is 1. The van der Waals surface area contributed by atoms with Gasteiger partial charge in [-0.1, -0.05) is 18.2 Å². The van der Waals surface area contributed by atoms with E-state index in [9.17, 15) is 9.59 Å². The van der Waals surface area contributed by atoms with Crippen LogP contribution < -0.4 is 19.7 Å². The Morgan fingerprint density at radius 1 is 1.25 bits per heavy atom. The number of rotatable bonds is 4. The molecule has 0 aliphatic carbocycles. The molecule has 2 aromatic rings. The highest BCUT2D eigenvalue weighted by atomic mass is 16.5. The van der Waals surface area contributed by atoms with Crippen LogP contribution in [0.1, 0.15) is 17.3 Å². The van der Waals surface area contributed by atoms with E-state index >= 15 is 0 Å². The van der Waals surface area contributed by atoms with Gasteiger partial charge in [0.1, 0.15) is 5.75 Å². The Kier molecular flexibility index (Phi) is 4.37. The predicted octanol–water partition coefficient (Wildman–Crippen LogP) is 2.69. The molecule has 1 heterocycles. The zero-order chi connectivity index (χ0) is 17.1. The van der Waals surface area contributed by atoms with Crippen LogP contribution in [0.4, 0.5) is 11.4 Å². The summed E-state index contributed by atoms with van der Waals surface area (Å²) in [5.41, 5.74) is 1.54. The molecule has 1 aliphatic heterocycles. The van der Waals surface area contributed by atoms with Gasteiger partial charge >= 0.3 is 0 Å².